The van der Waals surface area contributed by atoms with Crippen LogP contribution in [-0.4, -0.2) is 20.5 Å². The van der Waals surface area contributed by atoms with Gasteiger partial charge in [-0.2, -0.15) is 0 Å². The lowest BCUT2D eigenvalue weighted by Crippen LogP contribution is -2.36. The summed E-state index contributed by atoms with van der Waals surface area (Å²) in [5.74, 6) is 0.436. The third kappa shape index (κ3) is 4.04. The van der Waals surface area contributed by atoms with Crippen molar-refractivity contribution in [1.29, 1.82) is 0 Å². The molecule has 1 aliphatic rings. The smallest absolute Gasteiger partial charge is 0.241 e. The van der Waals surface area contributed by atoms with Crippen molar-refractivity contribution in [3.8, 4) is 0 Å². The maximum absolute atomic E-state index is 12.4. The fraction of sp³-hybridized carbons (Fsp3) is 0.714. The SMILES string of the molecule is CC(C)NCc1cc(S(=O)(=O)NC2CCCC2C)cs1. The Hall–Kier alpha value is -0.430. The molecule has 0 saturated heterocycles. The molecule has 2 rings (SSSR count). The minimum absolute atomic E-state index is 0.0946. The molecule has 1 aromatic rings. The molecule has 1 heterocycles. The molecule has 6 heteroatoms. The van der Waals surface area contributed by atoms with E-state index in [-0.39, 0.29) is 6.04 Å². The van der Waals surface area contributed by atoms with Crippen LogP contribution in [0.25, 0.3) is 0 Å². The van der Waals surface area contributed by atoms with Gasteiger partial charge in [0.1, 0.15) is 0 Å². The van der Waals surface area contributed by atoms with Crippen LogP contribution in [0.3, 0.4) is 0 Å². The van der Waals surface area contributed by atoms with E-state index in [1.807, 2.05) is 0 Å². The average molecular weight is 316 g/mol. The lowest BCUT2D eigenvalue weighted by Gasteiger charge is -2.16. The highest BCUT2D eigenvalue weighted by molar-refractivity contribution is 7.89. The molecule has 0 aromatic carbocycles. The lowest BCUT2D eigenvalue weighted by atomic mass is 10.1. The number of nitrogens with one attached hydrogen (secondary N) is 2. The van der Waals surface area contributed by atoms with Crippen LogP contribution in [0.1, 0.15) is 44.9 Å². The molecule has 2 unspecified atom stereocenters. The van der Waals surface area contributed by atoms with Crippen LogP contribution in [0.4, 0.5) is 0 Å². The molecular weight excluding hydrogens is 292 g/mol. The minimum atomic E-state index is -3.36. The Kier molecular flexibility index (Phi) is 5.23. The molecule has 1 aromatic heterocycles. The van der Waals surface area contributed by atoms with Crippen molar-refractivity contribution in [3.05, 3.63) is 16.3 Å². The van der Waals surface area contributed by atoms with Crippen LogP contribution >= 0.6 is 11.3 Å². The van der Waals surface area contributed by atoms with E-state index in [1.165, 1.54) is 11.3 Å². The minimum Gasteiger partial charge on any atom is -0.310 e. The van der Waals surface area contributed by atoms with Crippen LogP contribution in [0.5, 0.6) is 0 Å². The van der Waals surface area contributed by atoms with Gasteiger partial charge >= 0.3 is 0 Å². The quantitative estimate of drug-likeness (QED) is 0.848. The van der Waals surface area contributed by atoms with Crippen LogP contribution < -0.4 is 10.0 Å². The summed E-state index contributed by atoms with van der Waals surface area (Å²) in [6, 6.07) is 2.27. The molecule has 114 valence electrons. The monoisotopic (exact) mass is 316 g/mol. The maximum Gasteiger partial charge on any atom is 0.241 e. The topological polar surface area (TPSA) is 58.2 Å². The Bertz CT molecular complexity index is 537. The van der Waals surface area contributed by atoms with Gasteiger partial charge in [-0.25, -0.2) is 13.1 Å². The summed E-state index contributed by atoms with van der Waals surface area (Å²) in [4.78, 5) is 1.46. The molecule has 0 amide bonds. The fourth-order valence-corrected chi connectivity index (χ4v) is 5.09. The zero-order valence-corrected chi connectivity index (χ0v) is 14.0. The van der Waals surface area contributed by atoms with Gasteiger partial charge in [0.25, 0.3) is 0 Å². The first kappa shape index (κ1) is 15.9. The van der Waals surface area contributed by atoms with Crippen LogP contribution in [0, 0.1) is 5.92 Å². The van der Waals surface area contributed by atoms with E-state index >= 15 is 0 Å². The summed E-state index contributed by atoms with van der Waals surface area (Å²) in [5.41, 5.74) is 0. The standard InChI is InChI=1S/C14H24N2O2S2/c1-10(2)15-8-12-7-13(9-19-12)20(17,18)16-14-6-4-5-11(14)3/h7,9-11,14-16H,4-6,8H2,1-3H3. The predicted molar refractivity (Wildman–Crippen MR) is 83.4 cm³/mol. The third-order valence-corrected chi connectivity index (χ3v) is 6.35. The van der Waals surface area contributed by atoms with E-state index in [4.69, 9.17) is 0 Å². The Balaban J connectivity index is 2.02. The highest BCUT2D eigenvalue weighted by Crippen LogP contribution is 2.27. The van der Waals surface area contributed by atoms with Crippen molar-refractivity contribution < 1.29 is 8.42 Å². The van der Waals surface area contributed by atoms with Gasteiger partial charge in [-0.3, -0.25) is 0 Å². The molecule has 1 fully saturated rings. The van der Waals surface area contributed by atoms with Crippen LogP contribution in [-0.2, 0) is 16.6 Å². The van der Waals surface area contributed by atoms with Gasteiger partial charge in [-0.1, -0.05) is 27.2 Å². The van der Waals surface area contributed by atoms with E-state index < -0.39 is 10.0 Å². The normalized spacial score (nSPS) is 23.6. The summed E-state index contributed by atoms with van der Waals surface area (Å²) in [6.07, 6.45) is 3.17. The highest BCUT2D eigenvalue weighted by atomic mass is 32.2. The van der Waals surface area contributed by atoms with Gasteiger partial charge in [-0.15, -0.1) is 11.3 Å². The van der Waals surface area contributed by atoms with Gasteiger partial charge in [0.05, 0.1) is 4.90 Å². The van der Waals surface area contributed by atoms with Gasteiger partial charge in [0.15, 0.2) is 0 Å². The van der Waals surface area contributed by atoms with Gasteiger partial charge < -0.3 is 5.32 Å². The fourth-order valence-electron chi connectivity index (χ4n) is 2.49. The Labute approximate surface area is 126 Å². The number of rotatable bonds is 6. The van der Waals surface area contributed by atoms with Gasteiger partial charge in [0, 0.05) is 28.9 Å². The van der Waals surface area contributed by atoms with Gasteiger partial charge in [0.2, 0.25) is 10.0 Å². The molecule has 1 saturated carbocycles. The van der Waals surface area contributed by atoms with Crippen molar-refractivity contribution in [2.24, 2.45) is 5.92 Å². The second-order valence-electron chi connectivity index (χ2n) is 5.92. The second kappa shape index (κ2) is 6.56. The van der Waals surface area contributed by atoms with E-state index in [9.17, 15) is 8.42 Å². The highest BCUT2D eigenvalue weighted by Gasteiger charge is 2.28. The first-order valence-electron chi connectivity index (χ1n) is 7.21. The summed E-state index contributed by atoms with van der Waals surface area (Å²) >= 11 is 1.50. The molecule has 4 nitrogen and oxygen atoms in total. The Morgan fingerprint density at radius 2 is 2.15 bits per heavy atom. The van der Waals surface area contributed by atoms with Crippen molar-refractivity contribution >= 4 is 21.4 Å². The zero-order valence-electron chi connectivity index (χ0n) is 12.3. The van der Waals surface area contributed by atoms with E-state index in [0.29, 0.717) is 16.9 Å². The van der Waals surface area contributed by atoms with E-state index in [2.05, 4.69) is 30.8 Å². The van der Waals surface area contributed by atoms with Crippen molar-refractivity contribution in [1.82, 2.24) is 10.0 Å². The summed E-state index contributed by atoms with van der Waals surface area (Å²) in [5, 5.41) is 5.04. The average Bonchev–Trinajstić information content (AvgIpc) is 2.97. The molecule has 0 bridgehead atoms. The number of sulfonamides is 1. The molecule has 0 radical (unpaired) electrons. The van der Waals surface area contributed by atoms with Crippen LogP contribution in [0.15, 0.2) is 16.3 Å². The maximum atomic E-state index is 12.4. The summed E-state index contributed by atoms with van der Waals surface area (Å²) in [6.45, 7) is 6.99. The first-order chi connectivity index (χ1) is 9.38. The van der Waals surface area contributed by atoms with Crippen molar-refractivity contribution in [2.45, 2.75) is 63.6 Å². The predicted octanol–water partition coefficient (Wildman–Crippen LogP) is 2.71. The molecule has 0 spiro atoms. The van der Waals surface area contributed by atoms with E-state index in [1.54, 1.807) is 11.4 Å². The summed E-state index contributed by atoms with van der Waals surface area (Å²) in [7, 11) is -3.36. The molecule has 20 heavy (non-hydrogen) atoms. The number of thiophene rings is 1. The third-order valence-electron chi connectivity index (χ3n) is 3.79. The van der Waals surface area contributed by atoms with E-state index in [0.717, 1.165) is 30.7 Å². The molecular formula is C14H24N2O2S2. The molecule has 2 N–H and O–H groups in total. The lowest BCUT2D eigenvalue weighted by molar-refractivity contribution is 0.476. The van der Waals surface area contributed by atoms with Gasteiger partial charge in [-0.05, 0) is 24.8 Å². The molecule has 0 aliphatic heterocycles. The Morgan fingerprint density at radius 1 is 1.40 bits per heavy atom. The zero-order chi connectivity index (χ0) is 14.8. The molecule has 2 atom stereocenters. The number of hydrogen-bond donors (Lipinski definition) is 2. The summed E-state index contributed by atoms with van der Waals surface area (Å²) < 4.78 is 27.6. The number of hydrogen-bond acceptors (Lipinski definition) is 4. The second-order valence-corrected chi connectivity index (χ2v) is 8.63. The van der Waals surface area contributed by atoms with Crippen molar-refractivity contribution in [2.75, 3.05) is 0 Å². The molecule has 1 aliphatic carbocycles. The van der Waals surface area contributed by atoms with Crippen LogP contribution in [0.2, 0.25) is 0 Å². The first-order valence-corrected chi connectivity index (χ1v) is 9.58. The Morgan fingerprint density at radius 3 is 2.75 bits per heavy atom. The largest absolute Gasteiger partial charge is 0.310 e. The van der Waals surface area contributed by atoms with Crippen molar-refractivity contribution in [3.63, 3.8) is 0 Å².